The average molecular weight is 300 g/mol. The van der Waals surface area contributed by atoms with Gasteiger partial charge in [0.05, 0.1) is 12.6 Å². The monoisotopic (exact) mass is 300 g/mol. The quantitative estimate of drug-likeness (QED) is 0.747. The Labute approximate surface area is 127 Å². The van der Waals surface area contributed by atoms with Gasteiger partial charge in [-0.3, -0.25) is 9.69 Å². The Hall–Kier alpha value is -1.30. The number of nitrogens with zero attached hydrogens (tertiary/aromatic N) is 2. The number of amides is 2. The predicted octanol–water partition coefficient (Wildman–Crippen LogP) is 2.23. The van der Waals surface area contributed by atoms with Gasteiger partial charge in [-0.05, 0) is 48.5 Å². The molecule has 21 heavy (non-hydrogen) atoms. The predicted molar refractivity (Wildman–Crippen MR) is 79.8 cm³/mol. The lowest BCUT2D eigenvalue weighted by molar-refractivity contribution is -0.120. The van der Waals surface area contributed by atoms with Crippen LogP contribution >= 0.6 is 0 Å². The molecule has 6 nitrogen and oxygen atoms in total. The van der Waals surface area contributed by atoms with E-state index in [0.717, 1.165) is 6.41 Å². The van der Waals surface area contributed by atoms with Crippen LogP contribution < -0.4 is 0 Å². The average Bonchev–Trinajstić information content (AvgIpc) is 2.58. The molecule has 122 valence electrons. The van der Waals surface area contributed by atoms with E-state index in [2.05, 4.69) is 0 Å². The molecule has 1 aliphatic rings. The maximum absolute atomic E-state index is 12.4. The summed E-state index contributed by atoms with van der Waals surface area (Å²) in [4.78, 5) is 26.8. The summed E-state index contributed by atoms with van der Waals surface area (Å²) in [5.41, 5.74) is -1.30. The molecule has 0 aromatic heterocycles. The summed E-state index contributed by atoms with van der Waals surface area (Å²) in [7, 11) is 0. The summed E-state index contributed by atoms with van der Waals surface area (Å²) < 4.78 is 11.2. The van der Waals surface area contributed by atoms with E-state index < -0.39 is 17.4 Å². The Morgan fingerprint density at radius 1 is 1.48 bits per heavy atom. The number of hydrogen-bond acceptors (Lipinski definition) is 4. The highest BCUT2D eigenvalue weighted by Crippen LogP contribution is 2.29. The van der Waals surface area contributed by atoms with Gasteiger partial charge in [0, 0.05) is 12.6 Å². The van der Waals surface area contributed by atoms with Crippen LogP contribution in [0.2, 0.25) is 0 Å². The van der Waals surface area contributed by atoms with E-state index in [9.17, 15) is 9.59 Å². The molecular formula is C15H28N2O4. The van der Waals surface area contributed by atoms with Crippen molar-refractivity contribution in [3.8, 4) is 0 Å². The first kappa shape index (κ1) is 17.8. The van der Waals surface area contributed by atoms with Gasteiger partial charge in [-0.15, -0.1) is 0 Å². The topological polar surface area (TPSA) is 59.1 Å². The van der Waals surface area contributed by atoms with Crippen LogP contribution in [0.4, 0.5) is 4.79 Å². The SMILES string of the molecule is CC(C)N(C=O)CC1COC(C)(C)N1C(=O)OC(C)(C)C. The minimum absolute atomic E-state index is 0.0756. The lowest BCUT2D eigenvalue weighted by Crippen LogP contribution is -2.53. The second-order valence-corrected chi connectivity index (χ2v) is 7.16. The van der Waals surface area contributed by atoms with Crippen LogP contribution in [0.5, 0.6) is 0 Å². The first-order valence-corrected chi connectivity index (χ1v) is 7.35. The van der Waals surface area contributed by atoms with Crippen molar-refractivity contribution in [2.45, 2.75) is 71.9 Å². The second kappa shape index (κ2) is 6.22. The Balaban J connectivity index is 2.89. The van der Waals surface area contributed by atoms with Gasteiger partial charge in [0.25, 0.3) is 0 Å². The molecular weight excluding hydrogens is 272 g/mol. The Morgan fingerprint density at radius 2 is 2.05 bits per heavy atom. The third kappa shape index (κ3) is 4.59. The maximum Gasteiger partial charge on any atom is 0.412 e. The standard InChI is InChI=1S/C15H28N2O4/c1-11(2)16(10-18)8-12-9-20-15(6,7)17(12)13(19)21-14(3,4)5/h10-12H,8-9H2,1-7H3. The van der Waals surface area contributed by atoms with E-state index in [4.69, 9.17) is 9.47 Å². The highest BCUT2D eigenvalue weighted by molar-refractivity contribution is 5.70. The number of carbonyl (C=O) groups excluding carboxylic acids is 2. The molecule has 0 aromatic carbocycles. The molecule has 1 saturated heterocycles. The molecule has 1 atom stereocenters. The summed E-state index contributed by atoms with van der Waals surface area (Å²) >= 11 is 0. The van der Waals surface area contributed by atoms with Crippen molar-refractivity contribution >= 4 is 12.5 Å². The van der Waals surface area contributed by atoms with Crippen molar-refractivity contribution in [1.82, 2.24) is 9.80 Å². The van der Waals surface area contributed by atoms with Crippen LogP contribution in [0.3, 0.4) is 0 Å². The van der Waals surface area contributed by atoms with E-state index in [-0.39, 0.29) is 12.1 Å². The lowest BCUT2D eigenvalue weighted by Gasteiger charge is -2.36. The molecule has 2 amide bonds. The summed E-state index contributed by atoms with van der Waals surface area (Å²) in [5.74, 6) is 0. The van der Waals surface area contributed by atoms with Crippen molar-refractivity contribution < 1.29 is 19.1 Å². The first-order valence-electron chi connectivity index (χ1n) is 7.35. The zero-order valence-electron chi connectivity index (χ0n) is 14.2. The Kier molecular flexibility index (Phi) is 5.25. The molecule has 1 rings (SSSR count). The van der Waals surface area contributed by atoms with Crippen LogP contribution in [0, 0.1) is 0 Å². The molecule has 0 N–H and O–H groups in total. The molecule has 0 saturated carbocycles. The lowest BCUT2D eigenvalue weighted by atomic mass is 10.2. The van der Waals surface area contributed by atoms with E-state index in [1.807, 2.05) is 48.5 Å². The second-order valence-electron chi connectivity index (χ2n) is 7.16. The third-order valence-corrected chi connectivity index (χ3v) is 3.38. The van der Waals surface area contributed by atoms with Gasteiger partial charge < -0.3 is 14.4 Å². The van der Waals surface area contributed by atoms with Crippen LogP contribution in [0.15, 0.2) is 0 Å². The van der Waals surface area contributed by atoms with Gasteiger partial charge in [-0.2, -0.15) is 0 Å². The number of hydrogen-bond donors (Lipinski definition) is 0. The van der Waals surface area contributed by atoms with Gasteiger partial charge in [0.2, 0.25) is 6.41 Å². The first-order chi connectivity index (χ1) is 9.48. The van der Waals surface area contributed by atoms with E-state index in [0.29, 0.717) is 13.2 Å². The van der Waals surface area contributed by atoms with Gasteiger partial charge >= 0.3 is 6.09 Å². The molecule has 0 spiro atoms. The summed E-state index contributed by atoms with van der Waals surface area (Å²) in [6.07, 6.45) is 0.396. The molecule has 0 aliphatic carbocycles. The molecule has 6 heteroatoms. The van der Waals surface area contributed by atoms with Gasteiger partial charge in [0.1, 0.15) is 11.3 Å². The van der Waals surface area contributed by atoms with Crippen molar-refractivity contribution in [2.75, 3.05) is 13.2 Å². The minimum Gasteiger partial charge on any atom is -0.444 e. The van der Waals surface area contributed by atoms with E-state index in [1.165, 1.54) is 0 Å². The van der Waals surface area contributed by atoms with Crippen LogP contribution in [-0.2, 0) is 14.3 Å². The van der Waals surface area contributed by atoms with Gasteiger partial charge in [-0.1, -0.05) is 0 Å². The fourth-order valence-electron chi connectivity index (χ4n) is 2.32. The van der Waals surface area contributed by atoms with Crippen LogP contribution in [-0.4, -0.2) is 58.9 Å². The third-order valence-electron chi connectivity index (χ3n) is 3.38. The fraction of sp³-hybridized carbons (Fsp3) is 0.867. The normalized spacial score (nSPS) is 21.5. The molecule has 0 aromatic rings. The fourth-order valence-corrected chi connectivity index (χ4v) is 2.32. The molecule has 0 radical (unpaired) electrons. The van der Waals surface area contributed by atoms with E-state index in [1.54, 1.807) is 9.80 Å². The minimum atomic E-state index is -0.738. The molecule has 1 heterocycles. The summed E-state index contributed by atoms with van der Waals surface area (Å²) in [6.45, 7) is 13.9. The summed E-state index contributed by atoms with van der Waals surface area (Å²) in [5, 5.41) is 0. The van der Waals surface area contributed by atoms with Crippen molar-refractivity contribution in [3.05, 3.63) is 0 Å². The summed E-state index contributed by atoms with van der Waals surface area (Å²) in [6, 6.07) is -0.130. The van der Waals surface area contributed by atoms with Crippen molar-refractivity contribution in [1.29, 1.82) is 0 Å². The highest BCUT2D eigenvalue weighted by Gasteiger charge is 2.46. The van der Waals surface area contributed by atoms with Crippen LogP contribution in [0.1, 0.15) is 48.5 Å². The van der Waals surface area contributed by atoms with Crippen LogP contribution in [0.25, 0.3) is 0 Å². The zero-order chi connectivity index (χ0) is 16.4. The smallest absolute Gasteiger partial charge is 0.412 e. The van der Waals surface area contributed by atoms with E-state index >= 15 is 0 Å². The van der Waals surface area contributed by atoms with Crippen molar-refractivity contribution in [3.63, 3.8) is 0 Å². The zero-order valence-corrected chi connectivity index (χ0v) is 14.2. The number of rotatable bonds is 4. The number of carbonyl (C=O) groups is 2. The molecule has 1 aliphatic heterocycles. The van der Waals surface area contributed by atoms with Gasteiger partial charge in [-0.25, -0.2) is 4.79 Å². The maximum atomic E-state index is 12.4. The largest absolute Gasteiger partial charge is 0.444 e. The molecule has 0 bridgehead atoms. The Morgan fingerprint density at radius 3 is 2.48 bits per heavy atom. The molecule has 1 unspecified atom stereocenters. The highest BCUT2D eigenvalue weighted by atomic mass is 16.6. The molecule has 1 fully saturated rings. The van der Waals surface area contributed by atoms with Crippen molar-refractivity contribution in [2.24, 2.45) is 0 Å². The number of ether oxygens (including phenoxy) is 2. The van der Waals surface area contributed by atoms with Gasteiger partial charge in [0.15, 0.2) is 0 Å². The Bertz CT molecular complexity index is 388.